The Labute approximate surface area is 256 Å². The van der Waals surface area contributed by atoms with E-state index < -0.39 is 0 Å². The molecule has 0 spiro atoms. The van der Waals surface area contributed by atoms with Crippen molar-refractivity contribution in [2.45, 2.75) is 27.7 Å². The van der Waals surface area contributed by atoms with Crippen LogP contribution in [0.2, 0.25) is 0 Å². The molecule has 44 heavy (non-hydrogen) atoms. The molecule has 7 rings (SSSR count). The lowest BCUT2D eigenvalue weighted by Crippen LogP contribution is -2.35. The molecule has 214 valence electrons. The van der Waals surface area contributed by atoms with Crippen LogP contribution in [-0.4, -0.2) is 10.3 Å². The van der Waals surface area contributed by atoms with E-state index >= 15 is 0 Å². The molecule has 0 amide bonds. The number of hydrogen-bond donors (Lipinski definition) is 0. The van der Waals surface area contributed by atoms with Crippen LogP contribution in [0.5, 0.6) is 0 Å². The van der Waals surface area contributed by atoms with Crippen LogP contribution in [0.15, 0.2) is 131 Å². The van der Waals surface area contributed by atoms with E-state index in [-0.39, 0.29) is 0 Å². The number of rotatable bonds is 6. The number of benzene rings is 5. The molecule has 6 heteroatoms. The maximum Gasteiger partial charge on any atom is 0.385 e. The standard InChI is InChI=1S/C38H32N4O2/c1-25-18-31(29-12-7-5-8-13-29)19-26(2)35(25)37-39-43-23-41(37)33-16-11-17-34(22-33)42-24-44-40-38(42)36-27(3)20-32(21-28(36)4)30-14-9-6-10-15-30/h5-24H,1-4H3/q+2. The van der Waals surface area contributed by atoms with E-state index in [0.717, 1.165) is 56.4 Å². The molecule has 0 unspecified atom stereocenters. The molecule has 0 aliphatic carbocycles. The second-order valence-electron chi connectivity index (χ2n) is 11.2. The van der Waals surface area contributed by atoms with Crippen molar-refractivity contribution in [3.8, 4) is 56.4 Å². The van der Waals surface area contributed by atoms with E-state index in [9.17, 15) is 0 Å². The summed E-state index contributed by atoms with van der Waals surface area (Å²) in [5.74, 6) is 1.49. The summed E-state index contributed by atoms with van der Waals surface area (Å²) in [7, 11) is 0. The zero-order valence-electron chi connectivity index (χ0n) is 25.2. The molecule has 5 aromatic carbocycles. The highest BCUT2D eigenvalue weighted by Crippen LogP contribution is 2.32. The van der Waals surface area contributed by atoms with Gasteiger partial charge in [-0.05, 0) is 84.3 Å². The molecule has 0 aliphatic heterocycles. The average molecular weight is 577 g/mol. The number of aromatic nitrogens is 4. The summed E-state index contributed by atoms with van der Waals surface area (Å²) in [5.41, 5.74) is 13.2. The zero-order chi connectivity index (χ0) is 30.2. The van der Waals surface area contributed by atoms with Gasteiger partial charge in [0.1, 0.15) is 11.4 Å². The second kappa shape index (κ2) is 11.2. The van der Waals surface area contributed by atoms with Gasteiger partial charge in [0.25, 0.3) is 0 Å². The van der Waals surface area contributed by atoms with Crippen LogP contribution in [-0.2, 0) is 0 Å². The average Bonchev–Trinajstić information content (AvgIpc) is 3.72. The largest absolute Gasteiger partial charge is 0.385 e. The molecule has 6 nitrogen and oxygen atoms in total. The van der Waals surface area contributed by atoms with Gasteiger partial charge in [0.2, 0.25) is 0 Å². The first-order chi connectivity index (χ1) is 21.5. The van der Waals surface area contributed by atoms with Crippen LogP contribution >= 0.6 is 0 Å². The fourth-order valence-electron chi connectivity index (χ4n) is 6.15. The van der Waals surface area contributed by atoms with Gasteiger partial charge >= 0.3 is 24.4 Å². The fourth-order valence-corrected chi connectivity index (χ4v) is 6.15. The number of hydrogen-bond acceptors (Lipinski definition) is 4. The summed E-state index contributed by atoms with van der Waals surface area (Å²) >= 11 is 0. The van der Waals surface area contributed by atoms with Crippen molar-refractivity contribution in [3.63, 3.8) is 0 Å². The Bertz CT molecular complexity index is 1920. The summed E-state index contributed by atoms with van der Waals surface area (Å²) in [6, 6.07) is 37.9. The van der Waals surface area contributed by atoms with Crippen molar-refractivity contribution >= 4 is 0 Å². The predicted molar refractivity (Wildman–Crippen MR) is 170 cm³/mol. The van der Waals surface area contributed by atoms with E-state index in [4.69, 9.17) is 9.05 Å². The summed E-state index contributed by atoms with van der Waals surface area (Å²) in [5, 5.41) is 8.90. The van der Waals surface area contributed by atoms with Gasteiger partial charge < -0.3 is 0 Å². The molecule has 0 atom stereocenters. The summed E-state index contributed by atoms with van der Waals surface area (Å²) in [6.07, 6.45) is 3.29. The minimum absolute atomic E-state index is 0.746. The lowest BCUT2D eigenvalue weighted by Gasteiger charge is -2.10. The highest BCUT2D eigenvalue weighted by molar-refractivity contribution is 5.74. The first-order valence-corrected chi connectivity index (χ1v) is 14.6. The van der Waals surface area contributed by atoms with Gasteiger partial charge in [-0.25, -0.2) is 9.05 Å². The van der Waals surface area contributed by atoms with Crippen molar-refractivity contribution < 1.29 is 18.2 Å². The van der Waals surface area contributed by atoms with E-state index in [1.165, 1.54) is 22.3 Å². The smallest absolute Gasteiger partial charge is 0.221 e. The first kappa shape index (κ1) is 27.2. The van der Waals surface area contributed by atoms with Gasteiger partial charge in [-0.3, -0.25) is 0 Å². The monoisotopic (exact) mass is 576 g/mol. The van der Waals surface area contributed by atoms with Gasteiger partial charge in [-0.2, -0.15) is 9.13 Å². The molecule has 2 aromatic heterocycles. The Balaban J connectivity index is 1.27. The van der Waals surface area contributed by atoms with E-state index in [0.29, 0.717) is 0 Å². The van der Waals surface area contributed by atoms with Crippen LogP contribution in [0, 0.1) is 27.7 Å². The minimum Gasteiger partial charge on any atom is -0.221 e. The minimum atomic E-state index is 0.746. The molecule has 7 aromatic rings. The molecule has 2 heterocycles. The lowest BCUT2D eigenvalue weighted by molar-refractivity contribution is -0.597. The SMILES string of the molecule is Cc1cc(-c2ccccc2)cc(C)c1-c1noc[n+]1-c1cccc(-[n+]2conc2-c2c(C)cc(-c3ccccc3)cc2C)c1. The van der Waals surface area contributed by atoms with Gasteiger partial charge in [0.15, 0.2) is 10.3 Å². The van der Waals surface area contributed by atoms with Gasteiger partial charge in [-0.1, -0.05) is 91.0 Å². The van der Waals surface area contributed by atoms with Crippen LogP contribution in [0.3, 0.4) is 0 Å². The molecule has 0 aliphatic rings. The quantitative estimate of drug-likeness (QED) is 0.188. The lowest BCUT2D eigenvalue weighted by atomic mass is 9.95. The highest BCUT2D eigenvalue weighted by Gasteiger charge is 2.28. The maximum atomic E-state index is 5.56. The maximum absolute atomic E-state index is 5.56. The normalized spacial score (nSPS) is 11.2. The Morgan fingerprint density at radius 3 is 1.20 bits per heavy atom. The molecule has 0 radical (unpaired) electrons. The van der Waals surface area contributed by atoms with Crippen LogP contribution in [0.4, 0.5) is 0 Å². The molecule has 0 fully saturated rings. The number of nitrogens with zero attached hydrogens (tertiary/aromatic N) is 4. The molecular weight excluding hydrogens is 544 g/mol. The first-order valence-electron chi connectivity index (χ1n) is 14.6. The molecule has 0 saturated heterocycles. The molecule has 0 N–H and O–H groups in total. The van der Waals surface area contributed by atoms with Crippen LogP contribution in [0.25, 0.3) is 56.4 Å². The van der Waals surface area contributed by atoms with Crippen LogP contribution < -0.4 is 9.13 Å². The Morgan fingerprint density at radius 2 is 0.818 bits per heavy atom. The Hall–Kier alpha value is -5.62. The fraction of sp³-hybridized carbons (Fsp3) is 0.105. The predicted octanol–water partition coefficient (Wildman–Crippen LogP) is 8.12. The molecule has 0 saturated carbocycles. The number of aryl methyl sites for hydroxylation is 4. The molecule has 0 bridgehead atoms. The highest BCUT2D eigenvalue weighted by atomic mass is 16.5. The van der Waals surface area contributed by atoms with E-state index in [1.807, 2.05) is 39.5 Å². The summed E-state index contributed by atoms with van der Waals surface area (Å²) in [6.45, 7) is 8.49. The van der Waals surface area contributed by atoms with Crippen molar-refractivity contribution in [2.24, 2.45) is 0 Å². The third-order valence-electron chi connectivity index (χ3n) is 8.15. The topological polar surface area (TPSA) is 59.8 Å². The van der Waals surface area contributed by atoms with Crippen molar-refractivity contribution in [1.29, 1.82) is 0 Å². The summed E-state index contributed by atoms with van der Waals surface area (Å²) < 4.78 is 15.1. The second-order valence-corrected chi connectivity index (χ2v) is 11.2. The Kier molecular flexibility index (Phi) is 6.95. The van der Waals surface area contributed by atoms with Crippen molar-refractivity contribution in [1.82, 2.24) is 10.3 Å². The zero-order valence-corrected chi connectivity index (χ0v) is 25.2. The van der Waals surface area contributed by atoms with E-state index in [2.05, 4.69) is 117 Å². The van der Waals surface area contributed by atoms with E-state index in [1.54, 1.807) is 12.8 Å². The summed E-state index contributed by atoms with van der Waals surface area (Å²) in [4.78, 5) is 0. The van der Waals surface area contributed by atoms with Gasteiger partial charge in [0, 0.05) is 6.07 Å². The Morgan fingerprint density at radius 1 is 0.432 bits per heavy atom. The van der Waals surface area contributed by atoms with Gasteiger partial charge in [-0.15, -0.1) is 0 Å². The molecular formula is C38H32N4O2+2. The third-order valence-corrected chi connectivity index (χ3v) is 8.15. The van der Waals surface area contributed by atoms with Crippen molar-refractivity contribution in [2.75, 3.05) is 0 Å². The third kappa shape index (κ3) is 4.90. The van der Waals surface area contributed by atoms with Gasteiger partial charge in [0.05, 0.1) is 11.1 Å². The van der Waals surface area contributed by atoms with Crippen molar-refractivity contribution in [3.05, 3.63) is 144 Å². The van der Waals surface area contributed by atoms with Crippen LogP contribution in [0.1, 0.15) is 22.3 Å².